The van der Waals surface area contributed by atoms with E-state index < -0.39 is 0 Å². The maximum atomic E-state index is 4.25. The Hall–Kier alpha value is -2.15. The lowest BCUT2D eigenvalue weighted by Gasteiger charge is -2.05. The molecule has 0 atom stereocenters. The number of aryl methyl sites for hydroxylation is 1. The predicted octanol–water partition coefficient (Wildman–Crippen LogP) is 4.21. The Bertz CT molecular complexity index is 657. The first kappa shape index (κ1) is 10.0. The molecule has 17 heavy (non-hydrogen) atoms. The second-order valence-corrected chi connectivity index (χ2v) is 4.26. The second kappa shape index (κ2) is 4.02. The summed E-state index contributed by atoms with van der Waals surface area (Å²) in [4.78, 5) is 4.25. The minimum Gasteiger partial charge on any atom is -0.264 e. The van der Waals surface area contributed by atoms with Crippen molar-refractivity contribution in [2.24, 2.45) is 0 Å². The molecule has 1 nitrogen and oxygen atoms in total. The Morgan fingerprint density at radius 3 is 2.47 bits per heavy atom. The molecule has 82 valence electrons. The van der Waals surface area contributed by atoms with E-state index in [-0.39, 0.29) is 0 Å². The third-order valence-corrected chi connectivity index (χ3v) is 3.07. The lowest BCUT2D eigenvalue weighted by Crippen LogP contribution is -1.83. The monoisotopic (exact) mass is 219 g/mol. The number of fused-ring (bicyclic) bond motifs is 1. The van der Waals surface area contributed by atoms with Gasteiger partial charge in [-0.15, -0.1) is 0 Å². The second-order valence-electron chi connectivity index (χ2n) is 4.26. The van der Waals surface area contributed by atoms with Gasteiger partial charge in [-0.2, -0.15) is 0 Å². The number of benzene rings is 2. The van der Waals surface area contributed by atoms with Crippen molar-refractivity contribution in [3.05, 3.63) is 66.5 Å². The summed E-state index contributed by atoms with van der Waals surface area (Å²) in [7, 11) is 0. The molecule has 0 saturated carbocycles. The first-order chi connectivity index (χ1) is 8.34. The molecule has 1 heterocycles. The Kier molecular flexibility index (Phi) is 2.37. The quantitative estimate of drug-likeness (QED) is 0.597. The van der Waals surface area contributed by atoms with Gasteiger partial charge in [-0.3, -0.25) is 4.98 Å². The zero-order valence-corrected chi connectivity index (χ0v) is 9.72. The van der Waals surface area contributed by atoms with Gasteiger partial charge in [0.25, 0.3) is 0 Å². The topological polar surface area (TPSA) is 12.9 Å². The first-order valence-electron chi connectivity index (χ1n) is 5.74. The Balaban J connectivity index is 2.21. The van der Waals surface area contributed by atoms with Crippen LogP contribution in [-0.4, -0.2) is 4.98 Å². The van der Waals surface area contributed by atoms with Gasteiger partial charge < -0.3 is 0 Å². The summed E-state index contributed by atoms with van der Waals surface area (Å²) >= 11 is 0. The molecule has 2 aromatic carbocycles. The highest BCUT2D eigenvalue weighted by atomic mass is 14.6. The summed E-state index contributed by atoms with van der Waals surface area (Å²) in [6.45, 7) is 2.09. The van der Waals surface area contributed by atoms with Gasteiger partial charge in [0.05, 0.1) is 0 Å². The van der Waals surface area contributed by atoms with Crippen LogP contribution in [0.15, 0.2) is 60.9 Å². The van der Waals surface area contributed by atoms with Crippen molar-refractivity contribution in [1.82, 2.24) is 4.98 Å². The summed E-state index contributed by atoms with van der Waals surface area (Å²) in [5.74, 6) is 0. The van der Waals surface area contributed by atoms with E-state index >= 15 is 0 Å². The van der Waals surface area contributed by atoms with Crippen LogP contribution in [0.5, 0.6) is 0 Å². The average Bonchev–Trinajstić information content (AvgIpc) is 2.40. The molecule has 0 spiro atoms. The Labute approximate surface area is 101 Å². The van der Waals surface area contributed by atoms with E-state index in [1.807, 2.05) is 18.5 Å². The number of pyridine rings is 1. The lowest BCUT2D eigenvalue weighted by atomic mass is 10.0. The SMILES string of the molecule is Cc1cncc2cc(-c3ccccc3)ccc12. The summed E-state index contributed by atoms with van der Waals surface area (Å²) in [6, 6.07) is 17.0. The van der Waals surface area contributed by atoms with Crippen molar-refractivity contribution in [3.63, 3.8) is 0 Å². The molecular formula is C16H13N. The highest BCUT2D eigenvalue weighted by molar-refractivity contribution is 5.88. The smallest absolute Gasteiger partial charge is 0.0346 e. The summed E-state index contributed by atoms with van der Waals surface area (Å²) in [5.41, 5.74) is 3.71. The van der Waals surface area contributed by atoms with Gasteiger partial charge in [-0.25, -0.2) is 0 Å². The highest BCUT2D eigenvalue weighted by Gasteiger charge is 2.00. The van der Waals surface area contributed by atoms with Gasteiger partial charge in [0, 0.05) is 17.8 Å². The molecule has 0 bridgehead atoms. The Morgan fingerprint density at radius 2 is 1.65 bits per heavy atom. The molecule has 3 aromatic rings. The highest BCUT2D eigenvalue weighted by Crippen LogP contribution is 2.25. The van der Waals surface area contributed by atoms with Crippen LogP contribution in [0.4, 0.5) is 0 Å². The summed E-state index contributed by atoms with van der Waals surface area (Å²) in [5, 5.41) is 2.48. The van der Waals surface area contributed by atoms with Crippen molar-refractivity contribution >= 4 is 10.8 Å². The van der Waals surface area contributed by atoms with Crippen molar-refractivity contribution in [3.8, 4) is 11.1 Å². The van der Waals surface area contributed by atoms with E-state index in [1.165, 1.54) is 27.5 Å². The third-order valence-electron chi connectivity index (χ3n) is 3.07. The van der Waals surface area contributed by atoms with E-state index in [1.54, 1.807) is 0 Å². The molecule has 0 aliphatic carbocycles. The van der Waals surface area contributed by atoms with Crippen molar-refractivity contribution in [2.75, 3.05) is 0 Å². The van der Waals surface area contributed by atoms with Crippen molar-refractivity contribution in [2.45, 2.75) is 6.92 Å². The molecule has 0 N–H and O–H groups in total. The normalized spacial score (nSPS) is 10.6. The number of aromatic nitrogens is 1. The largest absolute Gasteiger partial charge is 0.264 e. The maximum Gasteiger partial charge on any atom is 0.0346 e. The van der Waals surface area contributed by atoms with Crippen LogP contribution in [0.1, 0.15) is 5.56 Å². The molecule has 0 saturated heterocycles. The summed E-state index contributed by atoms with van der Waals surface area (Å²) < 4.78 is 0. The predicted molar refractivity (Wildman–Crippen MR) is 71.9 cm³/mol. The summed E-state index contributed by atoms with van der Waals surface area (Å²) in [6.07, 6.45) is 3.83. The van der Waals surface area contributed by atoms with Gasteiger partial charge in [0.1, 0.15) is 0 Å². The van der Waals surface area contributed by atoms with Crippen molar-refractivity contribution < 1.29 is 0 Å². The van der Waals surface area contributed by atoms with E-state index in [9.17, 15) is 0 Å². The molecule has 0 aliphatic heterocycles. The molecule has 0 amide bonds. The number of nitrogens with zero attached hydrogens (tertiary/aromatic N) is 1. The van der Waals surface area contributed by atoms with Gasteiger partial charge in [-0.05, 0) is 35.1 Å². The van der Waals surface area contributed by atoms with Crippen LogP contribution in [0.3, 0.4) is 0 Å². The molecule has 3 rings (SSSR count). The van der Waals surface area contributed by atoms with Crippen LogP contribution < -0.4 is 0 Å². The first-order valence-corrected chi connectivity index (χ1v) is 5.74. The van der Waals surface area contributed by atoms with Gasteiger partial charge in [0.2, 0.25) is 0 Å². The molecule has 1 heteroatoms. The fourth-order valence-electron chi connectivity index (χ4n) is 2.14. The minimum atomic E-state index is 1.20. The molecular weight excluding hydrogens is 206 g/mol. The Morgan fingerprint density at radius 1 is 0.824 bits per heavy atom. The number of hydrogen-bond donors (Lipinski definition) is 0. The van der Waals surface area contributed by atoms with Crippen molar-refractivity contribution in [1.29, 1.82) is 0 Å². The maximum absolute atomic E-state index is 4.25. The van der Waals surface area contributed by atoms with Crippen LogP contribution in [0.25, 0.3) is 21.9 Å². The van der Waals surface area contributed by atoms with Gasteiger partial charge >= 0.3 is 0 Å². The zero-order valence-electron chi connectivity index (χ0n) is 9.72. The molecule has 0 unspecified atom stereocenters. The van der Waals surface area contributed by atoms with E-state index in [4.69, 9.17) is 0 Å². The van der Waals surface area contributed by atoms with Gasteiger partial charge in [0.15, 0.2) is 0 Å². The average molecular weight is 219 g/mol. The molecule has 0 radical (unpaired) electrons. The van der Waals surface area contributed by atoms with Crippen LogP contribution in [-0.2, 0) is 0 Å². The third kappa shape index (κ3) is 1.80. The minimum absolute atomic E-state index is 1.20. The van der Waals surface area contributed by atoms with Crippen LogP contribution >= 0.6 is 0 Å². The fourth-order valence-corrected chi connectivity index (χ4v) is 2.14. The lowest BCUT2D eigenvalue weighted by molar-refractivity contribution is 1.31. The van der Waals surface area contributed by atoms with Gasteiger partial charge in [-0.1, -0.05) is 42.5 Å². The standard InChI is InChI=1S/C16H13N/c1-12-10-17-11-15-9-14(7-8-16(12)15)13-5-3-2-4-6-13/h2-11H,1H3. The van der Waals surface area contributed by atoms with Crippen LogP contribution in [0, 0.1) is 6.92 Å². The van der Waals surface area contributed by atoms with E-state index in [2.05, 4.69) is 54.4 Å². The van der Waals surface area contributed by atoms with Crippen LogP contribution in [0.2, 0.25) is 0 Å². The number of rotatable bonds is 1. The fraction of sp³-hybridized carbons (Fsp3) is 0.0625. The molecule has 0 aliphatic rings. The number of hydrogen-bond acceptors (Lipinski definition) is 1. The van der Waals surface area contributed by atoms with E-state index in [0.717, 1.165) is 0 Å². The molecule has 0 fully saturated rings. The molecule has 1 aromatic heterocycles. The van der Waals surface area contributed by atoms with E-state index in [0.29, 0.717) is 0 Å². The zero-order chi connectivity index (χ0) is 11.7.